The molecule has 1 unspecified atom stereocenters. The first kappa shape index (κ1) is 25.5. The van der Waals surface area contributed by atoms with E-state index in [2.05, 4.69) is 5.32 Å². The summed E-state index contributed by atoms with van der Waals surface area (Å²) in [5, 5.41) is 3.06. The monoisotopic (exact) mass is 531 g/mol. The van der Waals surface area contributed by atoms with Gasteiger partial charge in [-0.25, -0.2) is 12.8 Å². The highest BCUT2D eigenvalue weighted by atomic mass is 32.2. The van der Waals surface area contributed by atoms with Crippen LogP contribution in [-0.2, 0) is 14.8 Å². The zero-order chi connectivity index (χ0) is 26.3. The van der Waals surface area contributed by atoms with E-state index in [1.807, 2.05) is 0 Å². The molecule has 198 valence electrons. The Morgan fingerprint density at radius 3 is 2.41 bits per heavy atom. The number of nitrogens with zero attached hydrogens (tertiary/aromatic N) is 2. The van der Waals surface area contributed by atoms with Crippen molar-refractivity contribution in [2.75, 3.05) is 60.1 Å². The Labute approximate surface area is 215 Å². The second-order valence-electron chi connectivity index (χ2n) is 9.43. The van der Waals surface area contributed by atoms with Crippen LogP contribution < -0.4 is 19.5 Å². The maximum atomic E-state index is 14.1. The van der Waals surface area contributed by atoms with Crippen molar-refractivity contribution in [1.82, 2.24) is 14.5 Å². The largest absolute Gasteiger partial charge is 0.496 e. The fourth-order valence-corrected chi connectivity index (χ4v) is 6.54. The van der Waals surface area contributed by atoms with E-state index in [9.17, 15) is 17.6 Å². The third-order valence-corrected chi connectivity index (χ3v) is 8.84. The molecule has 11 heteroatoms. The lowest BCUT2D eigenvalue weighted by molar-refractivity contribution is -0.131. The first-order chi connectivity index (χ1) is 17.7. The van der Waals surface area contributed by atoms with E-state index in [0.29, 0.717) is 61.2 Å². The highest BCUT2D eigenvalue weighted by molar-refractivity contribution is 7.89. The van der Waals surface area contributed by atoms with E-state index in [1.165, 1.54) is 29.6 Å². The number of ether oxygens (including phenoxy) is 3. The minimum absolute atomic E-state index is 0.116. The molecule has 0 saturated heterocycles. The van der Waals surface area contributed by atoms with Crippen LogP contribution in [0.2, 0.25) is 0 Å². The molecule has 2 aromatic rings. The molecule has 1 atom stereocenters. The Bertz CT molecular complexity index is 1360. The summed E-state index contributed by atoms with van der Waals surface area (Å²) in [6.07, 6.45) is 0. The summed E-state index contributed by atoms with van der Waals surface area (Å²) in [6.45, 7) is 3.97. The third-order valence-electron chi connectivity index (χ3n) is 7.05. The van der Waals surface area contributed by atoms with Gasteiger partial charge in [0.1, 0.15) is 24.8 Å². The first-order valence-corrected chi connectivity index (χ1v) is 13.5. The molecule has 9 nitrogen and oxygen atoms in total. The molecule has 3 aliphatic heterocycles. The van der Waals surface area contributed by atoms with E-state index < -0.39 is 21.8 Å². The number of carbonyl (C=O) groups excluding carboxylic acids is 1. The molecular weight excluding hydrogens is 501 g/mol. The van der Waals surface area contributed by atoms with Gasteiger partial charge in [0, 0.05) is 50.4 Å². The molecule has 1 amide bonds. The Morgan fingerprint density at radius 2 is 1.76 bits per heavy atom. The van der Waals surface area contributed by atoms with Crippen molar-refractivity contribution in [1.29, 1.82) is 0 Å². The minimum Gasteiger partial charge on any atom is -0.496 e. The van der Waals surface area contributed by atoms with Crippen LogP contribution in [0.25, 0.3) is 0 Å². The number of fused-ring (bicyclic) bond motifs is 1. The second kappa shape index (κ2) is 9.96. The lowest BCUT2D eigenvalue weighted by Crippen LogP contribution is -2.40. The van der Waals surface area contributed by atoms with Gasteiger partial charge in [0.15, 0.2) is 11.5 Å². The van der Waals surface area contributed by atoms with E-state index in [1.54, 1.807) is 31.0 Å². The van der Waals surface area contributed by atoms with Crippen molar-refractivity contribution in [2.24, 2.45) is 0 Å². The minimum atomic E-state index is -3.75. The maximum absolute atomic E-state index is 14.1. The van der Waals surface area contributed by atoms with E-state index in [0.717, 1.165) is 11.1 Å². The first-order valence-electron chi connectivity index (χ1n) is 12.1. The number of methoxy groups -OCH3 is 1. The number of amides is 1. The number of hydrogen-bond acceptors (Lipinski definition) is 7. The normalized spacial score (nSPS) is 18.2. The number of hydrogen-bond donors (Lipinski definition) is 1. The van der Waals surface area contributed by atoms with Crippen LogP contribution in [0.5, 0.6) is 17.2 Å². The molecule has 0 aromatic heterocycles. The van der Waals surface area contributed by atoms with Crippen molar-refractivity contribution in [3.8, 4) is 17.2 Å². The summed E-state index contributed by atoms with van der Waals surface area (Å²) in [5.74, 6) is 0.202. The molecule has 3 heterocycles. The standard InChI is InChI=1S/C26H30FN3O6S/c1-16-8-20(24(34-3)10-22(16)27)21(11-28-2)26(31)29-12-17-14-30(15-18(17)13-29)37(32,33)19-4-5-23-25(9-19)36-7-6-35-23/h4-5,8-10,21,28H,6-7,11-15H2,1-3H3. The number of aryl methyl sites for hydroxylation is 1. The van der Waals surface area contributed by atoms with Gasteiger partial charge in [-0.3, -0.25) is 4.79 Å². The molecule has 0 spiro atoms. The molecule has 0 saturated carbocycles. The maximum Gasteiger partial charge on any atom is 0.243 e. The van der Waals surface area contributed by atoms with Gasteiger partial charge in [0.25, 0.3) is 0 Å². The molecule has 0 fully saturated rings. The van der Waals surface area contributed by atoms with Crippen LogP contribution in [0.15, 0.2) is 46.4 Å². The molecule has 3 aliphatic rings. The molecule has 37 heavy (non-hydrogen) atoms. The lowest BCUT2D eigenvalue weighted by Gasteiger charge is -2.27. The summed E-state index contributed by atoms with van der Waals surface area (Å²) >= 11 is 0. The van der Waals surface area contributed by atoms with E-state index in [-0.39, 0.29) is 23.9 Å². The highest BCUT2D eigenvalue weighted by Crippen LogP contribution is 2.37. The fourth-order valence-electron chi connectivity index (χ4n) is 5.09. The van der Waals surface area contributed by atoms with Crippen molar-refractivity contribution < 1.29 is 31.8 Å². The smallest absolute Gasteiger partial charge is 0.243 e. The summed E-state index contributed by atoms with van der Waals surface area (Å²) in [5.41, 5.74) is 2.92. The van der Waals surface area contributed by atoms with Crippen molar-refractivity contribution in [3.05, 3.63) is 58.4 Å². The van der Waals surface area contributed by atoms with Crippen LogP contribution in [0.4, 0.5) is 4.39 Å². The lowest BCUT2D eigenvalue weighted by atomic mass is 9.94. The number of rotatable bonds is 7. The van der Waals surface area contributed by atoms with Crippen molar-refractivity contribution >= 4 is 15.9 Å². The number of nitrogens with one attached hydrogen (secondary N) is 1. The highest BCUT2D eigenvalue weighted by Gasteiger charge is 2.40. The van der Waals surface area contributed by atoms with Crippen LogP contribution in [0.3, 0.4) is 0 Å². The average molecular weight is 532 g/mol. The van der Waals surface area contributed by atoms with Crippen LogP contribution in [0.1, 0.15) is 17.0 Å². The van der Waals surface area contributed by atoms with Crippen molar-refractivity contribution in [3.63, 3.8) is 0 Å². The van der Waals surface area contributed by atoms with Gasteiger partial charge in [0.05, 0.1) is 17.9 Å². The van der Waals surface area contributed by atoms with E-state index >= 15 is 0 Å². The average Bonchev–Trinajstić information content (AvgIpc) is 3.48. The Morgan fingerprint density at radius 1 is 1.08 bits per heavy atom. The zero-order valence-electron chi connectivity index (χ0n) is 21.0. The quantitative estimate of drug-likeness (QED) is 0.547. The van der Waals surface area contributed by atoms with Gasteiger partial charge in [-0.2, -0.15) is 4.31 Å². The number of benzene rings is 2. The second-order valence-corrected chi connectivity index (χ2v) is 11.4. The molecule has 5 rings (SSSR count). The van der Waals surface area contributed by atoms with Gasteiger partial charge >= 0.3 is 0 Å². The topological polar surface area (TPSA) is 97.4 Å². The summed E-state index contributed by atoms with van der Waals surface area (Å²) in [4.78, 5) is 15.5. The van der Waals surface area contributed by atoms with E-state index in [4.69, 9.17) is 14.2 Å². The Kier molecular flexibility index (Phi) is 6.86. The zero-order valence-corrected chi connectivity index (χ0v) is 21.9. The summed E-state index contributed by atoms with van der Waals surface area (Å²) in [7, 11) is -0.536. The van der Waals surface area contributed by atoms with Gasteiger partial charge in [-0.15, -0.1) is 0 Å². The van der Waals surface area contributed by atoms with Crippen molar-refractivity contribution in [2.45, 2.75) is 17.7 Å². The van der Waals surface area contributed by atoms with Crippen LogP contribution in [0, 0.1) is 12.7 Å². The van der Waals surface area contributed by atoms with Crippen LogP contribution >= 0.6 is 0 Å². The predicted molar refractivity (Wildman–Crippen MR) is 134 cm³/mol. The molecule has 2 aromatic carbocycles. The molecule has 1 N–H and O–H groups in total. The Hall–Kier alpha value is -3.15. The van der Waals surface area contributed by atoms with Gasteiger partial charge < -0.3 is 24.4 Å². The number of halogens is 1. The SMILES string of the molecule is CNCC(C(=O)N1CC2=C(C1)CN(S(=O)(=O)c1ccc3c(c1)OCCO3)C2)c1cc(C)c(F)cc1OC. The Balaban J connectivity index is 1.30. The number of carbonyl (C=O) groups is 1. The van der Waals surface area contributed by atoms with Crippen LogP contribution in [-0.4, -0.2) is 83.6 Å². The van der Waals surface area contributed by atoms with Gasteiger partial charge in [-0.1, -0.05) is 0 Å². The summed E-state index contributed by atoms with van der Waals surface area (Å²) in [6, 6.07) is 7.62. The third kappa shape index (κ3) is 4.67. The number of likely N-dealkylation sites (N-methyl/N-ethyl adjacent to an activating group) is 1. The van der Waals surface area contributed by atoms with Gasteiger partial charge in [0.2, 0.25) is 15.9 Å². The number of sulfonamides is 1. The fraction of sp³-hybridized carbons (Fsp3) is 0.423. The molecular formula is C26H30FN3O6S. The molecule has 0 aliphatic carbocycles. The molecule has 0 radical (unpaired) electrons. The molecule has 0 bridgehead atoms. The summed E-state index contributed by atoms with van der Waals surface area (Å²) < 4.78 is 58.7. The van der Waals surface area contributed by atoms with Gasteiger partial charge in [-0.05, 0) is 48.9 Å². The predicted octanol–water partition coefficient (Wildman–Crippen LogP) is 2.06.